The van der Waals surface area contributed by atoms with Gasteiger partial charge in [0.1, 0.15) is 0 Å². The highest BCUT2D eigenvalue weighted by atomic mass is 35.5. The summed E-state index contributed by atoms with van der Waals surface area (Å²) < 4.78 is 14.9. The number of hydrogen-bond acceptors (Lipinski definition) is 14. The van der Waals surface area contributed by atoms with Crippen molar-refractivity contribution in [3.63, 3.8) is 0 Å². The fourth-order valence-corrected chi connectivity index (χ4v) is 3.85. The molecule has 0 aromatic rings. The lowest BCUT2D eigenvalue weighted by molar-refractivity contribution is -0.879. The second-order valence-electron chi connectivity index (χ2n) is 15.4. The predicted molar refractivity (Wildman–Crippen MR) is 263 cm³/mol. The molecule has 0 aromatic heterocycles. The molecule has 0 aliphatic rings. The van der Waals surface area contributed by atoms with Gasteiger partial charge in [0.05, 0.1) is 74.4 Å². The molecule has 0 rings (SSSR count). The molecule has 0 bridgehead atoms. The summed E-state index contributed by atoms with van der Waals surface area (Å²) in [6, 6.07) is 1.08. The van der Waals surface area contributed by atoms with Crippen molar-refractivity contribution < 1.29 is 79.7 Å². The van der Waals surface area contributed by atoms with Gasteiger partial charge >= 0.3 is 29.8 Å². The first-order valence-electron chi connectivity index (χ1n) is 20.0. The highest BCUT2D eigenvalue weighted by molar-refractivity contribution is 6.40. The second kappa shape index (κ2) is 62.6. The van der Waals surface area contributed by atoms with E-state index in [0.717, 1.165) is 62.9 Å². The van der Waals surface area contributed by atoms with Crippen LogP contribution in [0.25, 0.3) is 0 Å². The number of hydrogen-bond donors (Lipinski definition) is 3. The summed E-state index contributed by atoms with van der Waals surface area (Å²) in [5.41, 5.74) is 5.01. The lowest BCUT2D eigenvalue weighted by Gasteiger charge is -2.26. The topological polar surface area (TPSA) is 229 Å². The number of ether oxygens (including phenoxy) is 3. The van der Waals surface area contributed by atoms with E-state index in [1.54, 1.807) is 0 Å². The van der Waals surface area contributed by atoms with Crippen molar-refractivity contribution in [2.24, 2.45) is 5.73 Å². The Kier molecular flexibility index (Phi) is 83.6. The Morgan fingerprint density at radius 2 is 0.769 bits per heavy atom. The van der Waals surface area contributed by atoms with E-state index in [-0.39, 0.29) is 79.7 Å². The molecule has 398 valence electrons. The Hall–Kier alpha value is -1.39. The Bertz CT molecular complexity index is 1060. The molecule has 0 atom stereocenters. The van der Waals surface area contributed by atoms with Crippen LogP contribution < -0.4 is 23.2 Å². The molecule has 0 unspecified atom stereocenters. The molecular weight excluding hydrogens is 1000 g/mol. The van der Waals surface area contributed by atoms with Gasteiger partial charge in [-0.3, -0.25) is 24.0 Å². The van der Waals surface area contributed by atoms with E-state index in [1.165, 1.54) is 21.3 Å². The third kappa shape index (κ3) is 106. The number of carbonyl (C=O) groups is 6. The zero-order valence-electron chi connectivity index (χ0n) is 41.3. The molecule has 0 aromatic carbocycles. The Morgan fingerprint density at radius 3 is 0.969 bits per heavy atom. The lowest BCUT2D eigenvalue weighted by atomic mass is 10.3. The Balaban J connectivity index is -0.0000000687. The van der Waals surface area contributed by atoms with E-state index in [2.05, 4.69) is 14.2 Å². The first-order chi connectivity index (χ1) is 28.6. The zero-order chi connectivity index (χ0) is 50.2. The van der Waals surface area contributed by atoms with Crippen LogP contribution in [0.1, 0.15) is 77.0 Å². The molecule has 25 heteroatoms. The first-order valence-corrected chi connectivity index (χ1v) is 22.1. The normalized spacial score (nSPS) is 9.74. The molecule has 4 N–H and O–H groups in total. The predicted octanol–water partition coefficient (Wildman–Crippen LogP) is 1.50. The lowest BCUT2D eigenvalue weighted by Crippen LogP contribution is -3.00. The number of esters is 3. The SMILES string of the molecule is CN(C)CCCC(=O)O.COC(=O)CCCN(C)C.COC(=O)CCCN(C)C.COC(=O)CCC[N+](C)(C)CCl.C[N+](C)(CCl)CCCC(=O)[O-].Cl.Cl.ClCCl.NCCCC(=O)O.[Cl-]. The van der Waals surface area contributed by atoms with Gasteiger partial charge in [-0.1, -0.05) is 23.2 Å². The summed E-state index contributed by atoms with van der Waals surface area (Å²) in [7, 11) is 24.0. The summed E-state index contributed by atoms with van der Waals surface area (Å²) in [5.74, 6) is -2.87. The number of carbonyl (C=O) groups excluding carboxylic acids is 4. The van der Waals surface area contributed by atoms with Crippen LogP contribution in [-0.4, -0.2) is 218 Å². The number of nitrogens with two attached hydrogens (primary N) is 1. The van der Waals surface area contributed by atoms with Crippen LogP contribution in [0.2, 0.25) is 0 Å². The zero-order valence-corrected chi connectivity index (χ0v) is 46.8. The van der Waals surface area contributed by atoms with Gasteiger partial charge in [0.25, 0.3) is 0 Å². The number of carboxylic acids is 3. The largest absolute Gasteiger partial charge is 1.00 e. The third-order valence-corrected chi connectivity index (χ3v) is 8.48. The molecule has 0 saturated carbocycles. The monoisotopic (exact) mass is 1090 g/mol. The van der Waals surface area contributed by atoms with Crippen molar-refractivity contribution in [3.8, 4) is 0 Å². The molecular formula is C40H87Cl7N6O12. The average molecular weight is 1090 g/mol. The van der Waals surface area contributed by atoms with Gasteiger partial charge in [0.15, 0.2) is 12.0 Å². The molecule has 65 heavy (non-hydrogen) atoms. The minimum atomic E-state index is -0.987. The number of carboxylic acid groups (broad SMARTS) is 3. The van der Waals surface area contributed by atoms with Crippen molar-refractivity contribution in [2.75, 3.05) is 148 Å². The van der Waals surface area contributed by atoms with Crippen LogP contribution in [-0.2, 0) is 43.0 Å². The quantitative estimate of drug-likeness (QED) is 0.0387. The molecule has 0 saturated heterocycles. The van der Waals surface area contributed by atoms with Crippen molar-refractivity contribution >= 4 is 107 Å². The maximum absolute atomic E-state index is 10.7. The van der Waals surface area contributed by atoms with Crippen molar-refractivity contribution in [1.29, 1.82) is 0 Å². The van der Waals surface area contributed by atoms with E-state index in [9.17, 15) is 33.9 Å². The maximum Gasteiger partial charge on any atom is 0.305 e. The fourth-order valence-electron chi connectivity index (χ4n) is 3.61. The number of methoxy groups -OCH3 is 3. The molecule has 0 aliphatic heterocycles. The molecule has 0 radical (unpaired) electrons. The standard InChI is InChI=1S/C8H17ClNO2.C7H14ClNO2.2C7H15NO2.C6H13NO2.C4H9NO2.CH2Cl2.3ClH/c1-10(2,7-9)6-4-5-8(11)12-3;1-9(2,6-8)5-3-4-7(10)11;2*1-8(2)6-4-5-7(9)10-3;1-7(2)5-3-4-6(8)9;5-3-1-2-4(6)7;2-1-3;;;/h4-7H2,1-3H3;3-6H2,1-2H3;2*4-6H2,1-3H3;3-5H2,1-2H3,(H,8,9);1-3,5H2,(H,6,7);1H2;3*1H/q+1;;;;;;;;;/p-1. The molecule has 0 aliphatic carbocycles. The minimum Gasteiger partial charge on any atom is -1.00 e. The van der Waals surface area contributed by atoms with Gasteiger partial charge in [-0.05, 0) is 101 Å². The maximum atomic E-state index is 10.7. The van der Waals surface area contributed by atoms with Gasteiger partial charge in [-0.2, -0.15) is 0 Å². The highest BCUT2D eigenvalue weighted by Crippen LogP contribution is 2.04. The van der Waals surface area contributed by atoms with Crippen LogP contribution in [0, 0.1) is 0 Å². The summed E-state index contributed by atoms with van der Waals surface area (Å²) >= 11 is 20.8. The van der Waals surface area contributed by atoms with Gasteiger partial charge in [-0.15, -0.1) is 48.0 Å². The Labute approximate surface area is 430 Å². The number of aliphatic carboxylic acids is 3. The second-order valence-corrected chi connectivity index (χ2v) is 16.7. The van der Waals surface area contributed by atoms with Crippen molar-refractivity contribution in [1.82, 2.24) is 14.7 Å². The number of rotatable bonds is 25. The first kappa shape index (κ1) is 86.8. The minimum absolute atomic E-state index is 0. The number of alkyl halides is 4. The summed E-state index contributed by atoms with van der Waals surface area (Å²) in [6.45, 7) is 4.87. The van der Waals surface area contributed by atoms with Crippen LogP contribution in [0.3, 0.4) is 0 Å². The average Bonchev–Trinajstić information content (AvgIpc) is 3.17. The van der Waals surface area contributed by atoms with Crippen molar-refractivity contribution in [2.45, 2.75) is 77.0 Å². The van der Waals surface area contributed by atoms with E-state index >= 15 is 0 Å². The fraction of sp³-hybridized carbons (Fsp3) is 0.850. The molecule has 0 heterocycles. The number of nitrogens with zero attached hydrogens (tertiary/aromatic N) is 5. The van der Waals surface area contributed by atoms with E-state index in [4.69, 9.17) is 62.4 Å². The smallest absolute Gasteiger partial charge is 0.305 e. The molecule has 0 amide bonds. The molecule has 18 nitrogen and oxygen atoms in total. The summed E-state index contributed by atoms with van der Waals surface area (Å²) in [5, 5.41) is 26.4. The number of halogens is 7. The van der Waals surface area contributed by atoms with Crippen LogP contribution >= 0.6 is 71.2 Å². The number of quaternary nitrogens is 2. The molecule has 0 fully saturated rings. The molecule has 0 spiro atoms. The highest BCUT2D eigenvalue weighted by Gasteiger charge is 2.13. The van der Waals surface area contributed by atoms with Crippen LogP contribution in [0.5, 0.6) is 0 Å². The Morgan fingerprint density at radius 1 is 0.523 bits per heavy atom. The van der Waals surface area contributed by atoms with Crippen LogP contribution in [0.4, 0.5) is 0 Å². The van der Waals surface area contributed by atoms with E-state index < -0.39 is 17.9 Å². The van der Waals surface area contributed by atoms with Gasteiger partial charge in [0, 0.05) is 44.5 Å². The van der Waals surface area contributed by atoms with Crippen LogP contribution in [0.15, 0.2) is 0 Å². The van der Waals surface area contributed by atoms with Crippen molar-refractivity contribution in [3.05, 3.63) is 0 Å². The van der Waals surface area contributed by atoms with E-state index in [1.807, 2.05) is 85.2 Å². The third-order valence-electron chi connectivity index (χ3n) is 7.18. The van der Waals surface area contributed by atoms with E-state index in [0.29, 0.717) is 55.1 Å². The summed E-state index contributed by atoms with van der Waals surface area (Å²) in [4.78, 5) is 67.6. The summed E-state index contributed by atoms with van der Waals surface area (Å²) in [6.07, 6.45) is 6.64. The van der Waals surface area contributed by atoms with Gasteiger partial charge in [0.2, 0.25) is 0 Å². The van der Waals surface area contributed by atoms with Gasteiger partial charge in [-0.25, -0.2) is 0 Å². The van der Waals surface area contributed by atoms with Gasteiger partial charge < -0.3 is 76.1 Å².